The van der Waals surface area contributed by atoms with Crippen LogP contribution in [0.25, 0.3) is 0 Å². The molecule has 1 aromatic carbocycles. The summed E-state index contributed by atoms with van der Waals surface area (Å²) in [6.07, 6.45) is 2.80. The van der Waals surface area contributed by atoms with E-state index in [4.69, 9.17) is 0 Å². The van der Waals surface area contributed by atoms with Crippen molar-refractivity contribution >= 4 is 27.7 Å². The lowest BCUT2D eigenvalue weighted by atomic mass is 10.0. The number of pyridine rings is 1. The van der Waals surface area contributed by atoms with Crippen molar-refractivity contribution in [3.63, 3.8) is 0 Å². The number of benzene rings is 1. The molecule has 1 aliphatic rings. The summed E-state index contributed by atoms with van der Waals surface area (Å²) < 4.78 is 14.4. The van der Waals surface area contributed by atoms with Crippen LogP contribution in [-0.4, -0.2) is 10.7 Å². The molecule has 1 unspecified atom stereocenters. The fraction of sp³-hybridized carbons (Fsp3) is 0.267. The predicted molar refractivity (Wildman–Crippen MR) is 83.3 cm³/mol. The molecule has 3 rings (SSSR count). The second kappa shape index (κ2) is 6.24. The van der Waals surface area contributed by atoms with Crippen molar-refractivity contribution in [2.75, 3.05) is 5.75 Å². The Kier molecular flexibility index (Phi) is 4.38. The molecule has 0 saturated carbocycles. The molecule has 1 N–H and O–H groups in total. The van der Waals surface area contributed by atoms with Crippen LogP contribution >= 0.6 is 27.7 Å². The zero-order valence-corrected chi connectivity index (χ0v) is 13.2. The Morgan fingerprint density at radius 3 is 3.05 bits per heavy atom. The highest BCUT2D eigenvalue weighted by Crippen LogP contribution is 2.36. The summed E-state index contributed by atoms with van der Waals surface area (Å²) in [5, 5.41) is 3.48. The smallest absolute Gasteiger partial charge is 0.123 e. The lowest BCUT2D eigenvalue weighted by Crippen LogP contribution is -2.24. The van der Waals surface area contributed by atoms with Gasteiger partial charge in [-0.05, 0) is 64.0 Å². The summed E-state index contributed by atoms with van der Waals surface area (Å²) in [6.45, 7) is 0.693. The first kappa shape index (κ1) is 14.0. The van der Waals surface area contributed by atoms with Crippen LogP contribution in [0, 0.1) is 5.82 Å². The maximum absolute atomic E-state index is 13.4. The van der Waals surface area contributed by atoms with E-state index < -0.39 is 0 Å². The quantitative estimate of drug-likeness (QED) is 0.890. The third kappa shape index (κ3) is 3.22. The molecule has 20 heavy (non-hydrogen) atoms. The normalized spacial score (nSPS) is 17.8. The molecule has 1 aromatic heterocycles. The number of hydrogen-bond donors (Lipinski definition) is 1. The fourth-order valence-electron chi connectivity index (χ4n) is 2.32. The minimum absolute atomic E-state index is 0.167. The summed E-state index contributed by atoms with van der Waals surface area (Å²) >= 11 is 5.17. The third-order valence-corrected chi connectivity index (χ3v) is 4.92. The van der Waals surface area contributed by atoms with Gasteiger partial charge in [0.2, 0.25) is 0 Å². The first-order chi connectivity index (χ1) is 9.72. The summed E-state index contributed by atoms with van der Waals surface area (Å²) in [5.41, 5.74) is 2.06. The van der Waals surface area contributed by atoms with E-state index in [0.29, 0.717) is 6.54 Å². The predicted octanol–water partition coefficient (Wildman–Crippen LogP) is 4.31. The molecule has 2 heterocycles. The van der Waals surface area contributed by atoms with Gasteiger partial charge in [0.1, 0.15) is 5.82 Å². The molecule has 0 spiro atoms. The average Bonchev–Trinajstić information content (AvgIpc) is 2.47. The van der Waals surface area contributed by atoms with Crippen molar-refractivity contribution in [2.45, 2.75) is 23.9 Å². The third-order valence-electron chi connectivity index (χ3n) is 3.33. The number of fused-ring (bicyclic) bond motifs is 1. The van der Waals surface area contributed by atoms with Gasteiger partial charge in [-0.1, -0.05) is 0 Å². The maximum Gasteiger partial charge on any atom is 0.123 e. The molecule has 0 radical (unpaired) electrons. The molecule has 1 atom stereocenters. The molecule has 0 amide bonds. The van der Waals surface area contributed by atoms with Crippen LogP contribution in [0.1, 0.15) is 23.7 Å². The molecule has 2 nitrogen and oxygen atoms in total. The first-order valence-electron chi connectivity index (χ1n) is 6.48. The van der Waals surface area contributed by atoms with E-state index in [9.17, 15) is 4.39 Å². The van der Waals surface area contributed by atoms with Crippen LogP contribution in [0.15, 0.2) is 45.9 Å². The molecule has 5 heteroatoms. The highest BCUT2D eigenvalue weighted by atomic mass is 79.9. The van der Waals surface area contributed by atoms with Crippen molar-refractivity contribution in [3.05, 3.63) is 58.1 Å². The van der Waals surface area contributed by atoms with Crippen molar-refractivity contribution in [1.82, 2.24) is 10.3 Å². The Balaban J connectivity index is 1.73. The van der Waals surface area contributed by atoms with Gasteiger partial charge in [-0.3, -0.25) is 4.98 Å². The van der Waals surface area contributed by atoms with E-state index in [0.717, 1.165) is 27.9 Å². The minimum atomic E-state index is -0.167. The molecular formula is C15H14BrFN2S. The SMILES string of the molecule is Fc1ccc2c(c1)C(NCc1ccc(Br)cn1)CCS2. The Bertz CT molecular complexity index is 603. The van der Waals surface area contributed by atoms with E-state index in [1.165, 1.54) is 11.0 Å². The van der Waals surface area contributed by atoms with Crippen molar-refractivity contribution in [1.29, 1.82) is 0 Å². The van der Waals surface area contributed by atoms with Gasteiger partial charge in [-0.25, -0.2) is 4.39 Å². The molecule has 104 valence electrons. The minimum Gasteiger partial charge on any atom is -0.304 e. The second-order valence-corrected chi connectivity index (χ2v) is 6.77. The van der Waals surface area contributed by atoms with E-state index in [-0.39, 0.29) is 11.9 Å². The van der Waals surface area contributed by atoms with Gasteiger partial charge >= 0.3 is 0 Å². The monoisotopic (exact) mass is 352 g/mol. The zero-order valence-electron chi connectivity index (χ0n) is 10.8. The Morgan fingerprint density at radius 1 is 1.35 bits per heavy atom. The molecule has 0 bridgehead atoms. The first-order valence-corrected chi connectivity index (χ1v) is 8.26. The van der Waals surface area contributed by atoms with Gasteiger partial charge in [0.25, 0.3) is 0 Å². The van der Waals surface area contributed by atoms with Crippen LogP contribution in [0.4, 0.5) is 4.39 Å². The average molecular weight is 353 g/mol. The fourth-order valence-corrected chi connectivity index (χ4v) is 3.66. The van der Waals surface area contributed by atoms with Gasteiger partial charge in [-0.15, -0.1) is 11.8 Å². The standard InChI is InChI=1S/C15H14BrFN2S/c16-10-1-3-12(18-8-10)9-19-14-5-6-20-15-4-2-11(17)7-13(14)15/h1-4,7-8,14,19H,5-6,9H2. The van der Waals surface area contributed by atoms with E-state index in [1.807, 2.05) is 18.2 Å². The molecule has 1 aliphatic heterocycles. The number of thioether (sulfide) groups is 1. The Hall–Kier alpha value is -0.910. The summed E-state index contributed by atoms with van der Waals surface area (Å²) in [5.74, 6) is 0.893. The number of nitrogens with one attached hydrogen (secondary N) is 1. The van der Waals surface area contributed by atoms with Crippen LogP contribution in [0.5, 0.6) is 0 Å². The maximum atomic E-state index is 13.4. The molecule has 0 fully saturated rings. The molecule has 0 saturated heterocycles. The van der Waals surface area contributed by atoms with Gasteiger partial charge in [0.05, 0.1) is 5.69 Å². The molecule has 0 aliphatic carbocycles. The number of hydrogen-bond acceptors (Lipinski definition) is 3. The van der Waals surface area contributed by atoms with Gasteiger partial charge < -0.3 is 5.32 Å². The highest BCUT2D eigenvalue weighted by Gasteiger charge is 2.20. The van der Waals surface area contributed by atoms with Gasteiger partial charge in [-0.2, -0.15) is 0 Å². The van der Waals surface area contributed by atoms with E-state index in [2.05, 4.69) is 26.2 Å². The van der Waals surface area contributed by atoms with Gasteiger partial charge in [0.15, 0.2) is 0 Å². The summed E-state index contributed by atoms with van der Waals surface area (Å²) in [4.78, 5) is 5.53. The van der Waals surface area contributed by atoms with Crippen molar-refractivity contribution in [3.8, 4) is 0 Å². The molecular weight excluding hydrogens is 339 g/mol. The number of rotatable bonds is 3. The van der Waals surface area contributed by atoms with E-state index >= 15 is 0 Å². The van der Waals surface area contributed by atoms with Crippen LogP contribution in [-0.2, 0) is 6.54 Å². The lowest BCUT2D eigenvalue weighted by Gasteiger charge is -2.26. The van der Waals surface area contributed by atoms with Crippen LogP contribution in [0.3, 0.4) is 0 Å². The summed E-state index contributed by atoms with van der Waals surface area (Å²) in [7, 11) is 0. The highest BCUT2D eigenvalue weighted by molar-refractivity contribution is 9.10. The van der Waals surface area contributed by atoms with Crippen LogP contribution < -0.4 is 5.32 Å². The lowest BCUT2D eigenvalue weighted by molar-refractivity contribution is 0.500. The summed E-state index contributed by atoms with van der Waals surface area (Å²) in [6, 6.07) is 9.22. The Morgan fingerprint density at radius 2 is 2.25 bits per heavy atom. The number of halogens is 2. The number of aromatic nitrogens is 1. The van der Waals surface area contributed by atoms with Crippen LogP contribution in [0.2, 0.25) is 0 Å². The zero-order chi connectivity index (χ0) is 13.9. The van der Waals surface area contributed by atoms with E-state index in [1.54, 1.807) is 24.0 Å². The topological polar surface area (TPSA) is 24.9 Å². The van der Waals surface area contributed by atoms with Crippen molar-refractivity contribution in [2.24, 2.45) is 0 Å². The Labute approximate surface area is 130 Å². The second-order valence-electron chi connectivity index (χ2n) is 4.72. The largest absolute Gasteiger partial charge is 0.304 e. The number of nitrogens with zero attached hydrogens (tertiary/aromatic N) is 1. The molecule has 2 aromatic rings. The van der Waals surface area contributed by atoms with Gasteiger partial charge in [0, 0.05) is 28.2 Å². The van der Waals surface area contributed by atoms with Crippen molar-refractivity contribution < 1.29 is 4.39 Å².